The molecular formula is C15H21BrN2O. The molecule has 1 aliphatic carbocycles. The lowest BCUT2D eigenvalue weighted by Gasteiger charge is -2.32. The van der Waals surface area contributed by atoms with Crippen molar-refractivity contribution < 1.29 is 4.79 Å². The summed E-state index contributed by atoms with van der Waals surface area (Å²) in [5, 5.41) is 2.96. The summed E-state index contributed by atoms with van der Waals surface area (Å²) in [6, 6.07) is 5.85. The van der Waals surface area contributed by atoms with Crippen LogP contribution in [0.3, 0.4) is 0 Å². The summed E-state index contributed by atoms with van der Waals surface area (Å²) in [4.78, 5) is 12.1. The quantitative estimate of drug-likeness (QED) is 0.889. The van der Waals surface area contributed by atoms with Gasteiger partial charge in [-0.25, -0.2) is 0 Å². The lowest BCUT2D eigenvalue weighted by atomic mass is 9.80. The number of halogens is 1. The Balaban J connectivity index is 1.99. The molecule has 0 radical (unpaired) electrons. The van der Waals surface area contributed by atoms with Crippen LogP contribution in [0.25, 0.3) is 0 Å². The number of nitrogens with two attached hydrogens (primary N) is 1. The third-order valence-electron chi connectivity index (χ3n) is 3.83. The van der Waals surface area contributed by atoms with Gasteiger partial charge >= 0.3 is 0 Å². The molecule has 1 amide bonds. The maximum atomic E-state index is 12.1. The molecule has 0 bridgehead atoms. The molecule has 1 fully saturated rings. The molecule has 3 nitrogen and oxygen atoms in total. The second kappa shape index (κ2) is 6.06. The van der Waals surface area contributed by atoms with Crippen LogP contribution in [0.15, 0.2) is 22.7 Å². The van der Waals surface area contributed by atoms with E-state index in [2.05, 4.69) is 21.2 Å². The summed E-state index contributed by atoms with van der Waals surface area (Å²) >= 11 is 3.50. The van der Waals surface area contributed by atoms with E-state index in [9.17, 15) is 4.79 Å². The van der Waals surface area contributed by atoms with Crippen molar-refractivity contribution in [1.29, 1.82) is 0 Å². The summed E-state index contributed by atoms with van der Waals surface area (Å²) in [5.74, 6) is 0.00991. The first-order valence-corrected chi connectivity index (χ1v) is 7.63. The fourth-order valence-corrected chi connectivity index (χ4v) is 3.05. The number of amides is 1. The van der Waals surface area contributed by atoms with Crippen LogP contribution >= 0.6 is 15.9 Å². The molecule has 1 aliphatic rings. The lowest BCUT2D eigenvalue weighted by Crippen LogP contribution is -2.44. The minimum atomic E-state index is -0.307. The molecule has 0 spiro atoms. The van der Waals surface area contributed by atoms with E-state index >= 15 is 0 Å². The molecule has 1 saturated carbocycles. The molecule has 0 heterocycles. The van der Waals surface area contributed by atoms with Crippen LogP contribution in [0, 0.1) is 6.92 Å². The fourth-order valence-electron chi connectivity index (χ4n) is 2.69. The topological polar surface area (TPSA) is 55.1 Å². The molecule has 19 heavy (non-hydrogen) atoms. The van der Waals surface area contributed by atoms with E-state index in [1.807, 2.05) is 25.1 Å². The Morgan fingerprint density at radius 2 is 2.05 bits per heavy atom. The molecule has 0 aromatic heterocycles. The number of aryl methyl sites for hydroxylation is 1. The third-order valence-corrected chi connectivity index (χ3v) is 4.88. The lowest BCUT2D eigenvalue weighted by molar-refractivity contribution is -0.117. The zero-order valence-electron chi connectivity index (χ0n) is 11.3. The molecule has 2 rings (SSSR count). The van der Waals surface area contributed by atoms with Crippen molar-refractivity contribution in [1.82, 2.24) is 0 Å². The highest BCUT2D eigenvalue weighted by Gasteiger charge is 2.30. The highest BCUT2D eigenvalue weighted by Crippen LogP contribution is 2.30. The summed E-state index contributed by atoms with van der Waals surface area (Å²) in [6.07, 6.45) is 5.83. The van der Waals surface area contributed by atoms with Crippen LogP contribution in [0.2, 0.25) is 0 Å². The molecule has 3 N–H and O–H groups in total. The maximum Gasteiger partial charge on any atom is 0.226 e. The number of carbonyl (C=O) groups excluding carboxylic acids is 1. The molecule has 1 aromatic rings. The van der Waals surface area contributed by atoms with E-state index in [1.54, 1.807) is 0 Å². The molecule has 0 atom stereocenters. The molecule has 0 saturated heterocycles. The van der Waals surface area contributed by atoms with E-state index in [1.165, 1.54) is 6.42 Å². The van der Waals surface area contributed by atoms with Gasteiger partial charge in [-0.1, -0.05) is 31.4 Å². The Kier molecular flexibility index (Phi) is 4.63. The molecule has 104 valence electrons. The van der Waals surface area contributed by atoms with Crippen LogP contribution in [0.4, 0.5) is 5.69 Å². The average Bonchev–Trinajstić information content (AvgIpc) is 2.35. The first kappa shape index (κ1) is 14.5. The van der Waals surface area contributed by atoms with Crippen molar-refractivity contribution in [3.8, 4) is 0 Å². The van der Waals surface area contributed by atoms with Gasteiger partial charge in [-0.05, 0) is 47.3 Å². The summed E-state index contributed by atoms with van der Waals surface area (Å²) < 4.78 is 0.943. The number of hydrogen-bond donors (Lipinski definition) is 2. The van der Waals surface area contributed by atoms with Gasteiger partial charge in [0.2, 0.25) is 5.91 Å². The largest absolute Gasteiger partial charge is 0.325 e. The van der Waals surface area contributed by atoms with Crippen LogP contribution in [-0.2, 0) is 4.79 Å². The van der Waals surface area contributed by atoms with Gasteiger partial charge in [0.1, 0.15) is 0 Å². The van der Waals surface area contributed by atoms with Gasteiger partial charge in [-0.15, -0.1) is 0 Å². The van der Waals surface area contributed by atoms with Crippen LogP contribution in [-0.4, -0.2) is 11.4 Å². The van der Waals surface area contributed by atoms with Gasteiger partial charge in [0.05, 0.1) is 5.69 Å². The van der Waals surface area contributed by atoms with E-state index in [-0.39, 0.29) is 11.4 Å². The van der Waals surface area contributed by atoms with Gasteiger partial charge < -0.3 is 11.1 Å². The second-order valence-corrected chi connectivity index (χ2v) is 6.38. The Labute approximate surface area is 123 Å². The Morgan fingerprint density at radius 3 is 2.74 bits per heavy atom. The van der Waals surface area contributed by atoms with Crippen LogP contribution in [0.5, 0.6) is 0 Å². The number of benzene rings is 1. The highest BCUT2D eigenvalue weighted by molar-refractivity contribution is 9.10. The summed E-state index contributed by atoms with van der Waals surface area (Å²) in [7, 11) is 0. The Bertz CT molecular complexity index is 467. The van der Waals surface area contributed by atoms with Gasteiger partial charge in [0, 0.05) is 16.4 Å². The second-order valence-electron chi connectivity index (χ2n) is 5.58. The van der Waals surface area contributed by atoms with E-state index in [0.29, 0.717) is 6.42 Å². The monoisotopic (exact) mass is 324 g/mol. The maximum absolute atomic E-state index is 12.1. The zero-order valence-corrected chi connectivity index (χ0v) is 12.9. The number of carbonyl (C=O) groups is 1. The van der Waals surface area contributed by atoms with Crippen LogP contribution < -0.4 is 11.1 Å². The minimum Gasteiger partial charge on any atom is -0.325 e. The van der Waals surface area contributed by atoms with Crippen molar-refractivity contribution in [2.24, 2.45) is 5.73 Å². The zero-order chi connectivity index (χ0) is 13.9. The van der Waals surface area contributed by atoms with E-state index in [0.717, 1.165) is 41.4 Å². The predicted molar refractivity (Wildman–Crippen MR) is 82.1 cm³/mol. The standard InChI is InChI=1S/C15H21BrN2O/c1-11-6-5-7-12(14(11)16)18-13(19)10-15(17)8-3-2-4-9-15/h5-7H,2-4,8-10,17H2,1H3,(H,18,19). The molecule has 0 aliphatic heterocycles. The first-order chi connectivity index (χ1) is 9.00. The van der Waals surface area contributed by atoms with Crippen molar-refractivity contribution in [2.45, 2.75) is 51.0 Å². The van der Waals surface area contributed by atoms with Crippen molar-refractivity contribution in [3.05, 3.63) is 28.2 Å². The Morgan fingerprint density at radius 1 is 1.37 bits per heavy atom. The SMILES string of the molecule is Cc1cccc(NC(=O)CC2(N)CCCCC2)c1Br. The molecule has 0 unspecified atom stereocenters. The molecule has 4 heteroatoms. The first-order valence-electron chi connectivity index (χ1n) is 6.84. The average molecular weight is 325 g/mol. The minimum absolute atomic E-state index is 0.00991. The number of anilines is 1. The van der Waals surface area contributed by atoms with Crippen molar-refractivity contribution in [3.63, 3.8) is 0 Å². The third kappa shape index (κ3) is 3.80. The van der Waals surface area contributed by atoms with Gasteiger partial charge in [-0.2, -0.15) is 0 Å². The van der Waals surface area contributed by atoms with E-state index < -0.39 is 0 Å². The van der Waals surface area contributed by atoms with Crippen molar-refractivity contribution in [2.75, 3.05) is 5.32 Å². The summed E-state index contributed by atoms with van der Waals surface area (Å²) in [5.41, 5.74) is 7.93. The number of rotatable bonds is 3. The van der Waals surface area contributed by atoms with E-state index in [4.69, 9.17) is 5.73 Å². The number of nitrogens with one attached hydrogen (secondary N) is 1. The highest BCUT2D eigenvalue weighted by atomic mass is 79.9. The van der Waals surface area contributed by atoms with Gasteiger partial charge in [0.15, 0.2) is 0 Å². The molecule has 1 aromatic carbocycles. The normalized spacial score (nSPS) is 18.1. The summed E-state index contributed by atoms with van der Waals surface area (Å²) in [6.45, 7) is 2.01. The molecular weight excluding hydrogens is 304 g/mol. The predicted octanol–water partition coefficient (Wildman–Crippen LogP) is 3.75. The van der Waals surface area contributed by atoms with Gasteiger partial charge in [-0.3, -0.25) is 4.79 Å². The smallest absolute Gasteiger partial charge is 0.226 e. The fraction of sp³-hybridized carbons (Fsp3) is 0.533. The number of hydrogen-bond acceptors (Lipinski definition) is 2. The van der Waals surface area contributed by atoms with Gasteiger partial charge in [0.25, 0.3) is 0 Å². The Hall–Kier alpha value is -0.870. The van der Waals surface area contributed by atoms with Crippen LogP contribution in [0.1, 0.15) is 44.1 Å². The van der Waals surface area contributed by atoms with Crippen molar-refractivity contribution >= 4 is 27.5 Å².